The lowest BCUT2D eigenvalue weighted by Crippen LogP contribution is -2.34. The quantitative estimate of drug-likeness (QED) is 0.0254. The van der Waals surface area contributed by atoms with E-state index in [4.69, 9.17) is 23.7 Å². The molecule has 2 unspecified atom stereocenters. The predicted octanol–water partition coefficient (Wildman–Crippen LogP) is 24.1. The van der Waals surface area contributed by atoms with E-state index in [1.807, 2.05) is 0 Å². The van der Waals surface area contributed by atoms with E-state index in [1.54, 1.807) is 0 Å². The zero-order valence-corrected chi connectivity index (χ0v) is 57.9. The second-order valence-corrected chi connectivity index (χ2v) is 25.5. The third-order valence-electron chi connectivity index (χ3n) is 16.6. The van der Waals surface area contributed by atoms with E-state index in [1.165, 1.54) is 193 Å². The van der Waals surface area contributed by atoms with Crippen LogP contribution in [0.25, 0.3) is 0 Å². The molecule has 2 atom stereocenters. The van der Waals surface area contributed by atoms with Crippen LogP contribution in [0.2, 0.25) is 0 Å². The van der Waals surface area contributed by atoms with Crippen LogP contribution in [-0.4, -0.2) is 62.5 Å². The van der Waals surface area contributed by atoms with E-state index in [0.717, 1.165) is 141 Å². The molecule has 0 aromatic rings. The summed E-state index contributed by atoms with van der Waals surface area (Å²) in [6.07, 6.45) is 79.6. The molecule has 0 fully saturated rings. The molecule has 0 rings (SSSR count). The van der Waals surface area contributed by atoms with E-state index in [-0.39, 0.29) is 63.1 Å². The van der Waals surface area contributed by atoms with Crippen LogP contribution in [0.3, 0.4) is 0 Å². The SMILES string of the molecule is CCCCCCCC/C=C\CCCCCCCC(=O)OCC(COCC(COC(=O)CCCCCCC/C=C\CCCCCCCC)OC(=O)CCCCCCC/C=C\CCCCCCCC)OC(=O)CCCCCCC/C=C\CCCCCCCC. The lowest BCUT2D eigenvalue weighted by atomic mass is 10.1. The Morgan fingerprint density at radius 1 is 0.230 bits per heavy atom. The van der Waals surface area contributed by atoms with Crippen molar-refractivity contribution >= 4 is 23.9 Å². The molecule has 0 heterocycles. The van der Waals surface area contributed by atoms with Crippen molar-refractivity contribution in [2.24, 2.45) is 0 Å². The van der Waals surface area contributed by atoms with Gasteiger partial charge in [-0.2, -0.15) is 0 Å². The molecule has 0 spiro atoms. The number of unbranched alkanes of at least 4 members (excludes halogenated alkanes) is 44. The van der Waals surface area contributed by atoms with Gasteiger partial charge in [-0.05, 0) is 128 Å². The van der Waals surface area contributed by atoms with Crippen molar-refractivity contribution in [2.45, 2.75) is 399 Å². The summed E-state index contributed by atoms with van der Waals surface area (Å²) >= 11 is 0. The summed E-state index contributed by atoms with van der Waals surface area (Å²) in [6.45, 7) is 8.71. The average Bonchev–Trinajstić information content (AvgIpc) is 3.61. The summed E-state index contributed by atoms with van der Waals surface area (Å²) in [5.74, 6) is -1.32. The van der Waals surface area contributed by atoms with Crippen LogP contribution in [0.5, 0.6) is 0 Å². The Morgan fingerprint density at radius 2 is 0.414 bits per heavy atom. The maximum absolute atomic E-state index is 13.2. The zero-order valence-electron chi connectivity index (χ0n) is 57.9. The molecule has 0 radical (unpaired) electrons. The van der Waals surface area contributed by atoms with Crippen molar-refractivity contribution < 1.29 is 42.9 Å². The first-order valence-electron chi connectivity index (χ1n) is 37.7. The van der Waals surface area contributed by atoms with Crippen molar-refractivity contribution in [3.8, 4) is 0 Å². The molecular formula is C78H142O9. The van der Waals surface area contributed by atoms with Gasteiger partial charge in [0, 0.05) is 25.7 Å². The second kappa shape index (κ2) is 71.9. The van der Waals surface area contributed by atoms with E-state index < -0.39 is 12.2 Å². The Bertz CT molecular complexity index is 1470. The number of esters is 4. The van der Waals surface area contributed by atoms with Gasteiger partial charge in [0.25, 0.3) is 0 Å². The van der Waals surface area contributed by atoms with Crippen molar-refractivity contribution in [3.05, 3.63) is 48.6 Å². The summed E-state index contributed by atoms with van der Waals surface area (Å²) in [5, 5.41) is 0. The van der Waals surface area contributed by atoms with Gasteiger partial charge in [0.1, 0.15) is 13.2 Å². The van der Waals surface area contributed by atoms with Crippen LogP contribution in [0, 0.1) is 0 Å². The molecule has 0 aromatic carbocycles. The zero-order chi connectivity index (χ0) is 63.1. The monoisotopic (exact) mass is 1220 g/mol. The van der Waals surface area contributed by atoms with E-state index in [2.05, 4.69) is 76.3 Å². The predicted molar refractivity (Wildman–Crippen MR) is 370 cm³/mol. The minimum Gasteiger partial charge on any atom is -0.462 e. The maximum atomic E-state index is 13.2. The summed E-state index contributed by atoms with van der Waals surface area (Å²) < 4.78 is 29.4. The van der Waals surface area contributed by atoms with Gasteiger partial charge in [-0.1, -0.05) is 282 Å². The summed E-state index contributed by atoms with van der Waals surface area (Å²) in [5.41, 5.74) is 0. The molecule has 0 saturated heterocycles. The minimum atomic E-state index is -0.825. The molecule has 9 nitrogen and oxygen atoms in total. The van der Waals surface area contributed by atoms with Crippen LogP contribution < -0.4 is 0 Å². The molecule has 0 aliphatic rings. The molecule has 0 aromatic heterocycles. The Morgan fingerprint density at radius 3 is 0.632 bits per heavy atom. The number of carbonyl (C=O) groups excluding carboxylic acids is 4. The molecule has 508 valence electrons. The van der Waals surface area contributed by atoms with E-state index in [0.29, 0.717) is 12.8 Å². The number of carbonyl (C=O) groups is 4. The molecule has 0 aliphatic heterocycles. The second-order valence-electron chi connectivity index (χ2n) is 25.5. The molecule has 0 aliphatic carbocycles. The third kappa shape index (κ3) is 68.6. The van der Waals surface area contributed by atoms with Gasteiger partial charge >= 0.3 is 23.9 Å². The molecule has 0 N–H and O–H groups in total. The smallest absolute Gasteiger partial charge is 0.306 e. The normalized spacial score (nSPS) is 12.6. The lowest BCUT2D eigenvalue weighted by molar-refractivity contribution is -0.169. The summed E-state index contributed by atoms with van der Waals surface area (Å²) in [6, 6.07) is 0. The molecule has 0 saturated carbocycles. The number of hydrogen-bond acceptors (Lipinski definition) is 9. The summed E-state index contributed by atoms with van der Waals surface area (Å²) in [4.78, 5) is 52.5. The number of ether oxygens (including phenoxy) is 5. The van der Waals surface area contributed by atoms with Crippen molar-refractivity contribution in [1.82, 2.24) is 0 Å². The summed E-state index contributed by atoms with van der Waals surface area (Å²) in [7, 11) is 0. The third-order valence-corrected chi connectivity index (χ3v) is 16.6. The van der Waals surface area contributed by atoms with Gasteiger partial charge in [0.2, 0.25) is 0 Å². The van der Waals surface area contributed by atoms with Crippen LogP contribution in [0.4, 0.5) is 0 Å². The maximum Gasteiger partial charge on any atom is 0.306 e. The van der Waals surface area contributed by atoms with Crippen LogP contribution in [0.1, 0.15) is 387 Å². The van der Waals surface area contributed by atoms with Gasteiger partial charge < -0.3 is 23.7 Å². The number of allylic oxidation sites excluding steroid dienone is 8. The highest BCUT2D eigenvalue weighted by molar-refractivity contribution is 5.71. The minimum absolute atomic E-state index is 0.0516. The van der Waals surface area contributed by atoms with Gasteiger partial charge in [-0.3, -0.25) is 19.2 Å². The average molecular weight is 1220 g/mol. The van der Waals surface area contributed by atoms with Gasteiger partial charge in [0.05, 0.1) is 13.2 Å². The molecule has 0 amide bonds. The van der Waals surface area contributed by atoms with Crippen LogP contribution in [0.15, 0.2) is 48.6 Å². The van der Waals surface area contributed by atoms with Crippen molar-refractivity contribution in [3.63, 3.8) is 0 Å². The highest BCUT2D eigenvalue weighted by Gasteiger charge is 2.22. The highest BCUT2D eigenvalue weighted by Crippen LogP contribution is 2.17. The van der Waals surface area contributed by atoms with Crippen LogP contribution >= 0.6 is 0 Å². The van der Waals surface area contributed by atoms with E-state index >= 15 is 0 Å². The van der Waals surface area contributed by atoms with Gasteiger partial charge in [-0.15, -0.1) is 0 Å². The fraction of sp³-hybridized carbons (Fsp3) is 0.846. The first kappa shape index (κ1) is 83.8. The Kier molecular flexibility index (Phi) is 69.2. The van der Waals surface area contributed by atoms with Crippen molar-refractivity contribution in [2.75, 3.05) is 26.4 Å². The van der Waals surface area contributed by atoms with E-state index in [9.17, 15) is 19.2 Å². The molecule has 87 heavy (non-hydrogen) atoms. The largest absolute Gasteiger partial charge is 0.462 e. The highest BCUT2D eigenvalue weighted by atomic mass is 16.6. The fourth-order valence-corrected chi connectivity index (χ4v) is 10.9. The van der Waals surface area contributed by atoms with Gasteiger partial charge in [-0.25, -0.2) is 0 Å². The molecule has 9 heteroatoms. The lowest BCUT2D eigenvalue weighted by Gasteiger charge is -2.21. The first-order valence-corrected chi connectivity index (χ1v) is 37.7. The molecular weight excluding hydrogens is 1080 g/mol. The van der Waals surface area contributed by atoms with Gasteiger partial charge in [0.15, 0.2) is 12.2 Å². The number of hydrogen-bond donors (Lipinski definition) is 0. The Hall–Kier alpha value is -3.20. The Balaban J connectivity index is 5.30. The molecule has 0 bridgehead atoms. The number of rotatable bonds is 70. The Labute approximate surface area is 538 Å². The first-order chi connectivity index (χ1) is 42.9. The fourth-order valence-electron chi connectivity index (χ4n) is 10.9. The topological polar surface area (TPSA) is 114 Å². The van der Waals surface area contributed by atoms with Crippen LogP contribution in [-0.2, 0) is 42.9 Å². The van der Waals surface area contributed by atoms with Crippen molar-refractivity contribution in [1.29, 1.82) is 0 Å². The standard InChI is InChI=1S/C78H142O9/c1-5-9-13-17-21-25-29-33-37-41-45-49-53-57-61-65-75(79)84-71-73(86-77(81)67-63-59-55-51-47-43-39-35-31-27-23-19-15-11-7-3)69-83-70-74(87-78(82)68-64-60-56-52-48-44-40-36-32-28-24-20-16-12-8-4)72-85-76(80)66-62-58-54-50-46-42-38-34-30-26-22-18-14-10-6-2/h33-40,73-74H,5-32,41-72H2,1-4H3/b37-33-,38-34-,39-35-,40-36-.